The number of anilines is 2. The fourth-order valence-electron chi connectivity index (χ4n) is 2.17. The van der Waals surface area contributed by atoms with Gasteiger partial charge in [-0.3, -0.25) is 0 Å². The van der Waals surface area contributed by atoms with E-state index in [4.69, 9.17) is 18.0 Å². The molecular formula is C16H14N2S2. The van der Waals surface area contributed by atoms with E-state index in [0.717, 1.165) is 22.5 Å². The Kier molecular flexibility index (Phi) is 3.42. The van der Waals surface area contributed by atoms with Crippen LogP contribution >= 0.6 is 23.6 Å². The SMILES string of the molecule is Cc1ccc(Nc2ccc3sccc3c2)c(C(N)=S)c1. The van der Waals surface area contributed by atoms with Gasteiger partial charge in [-0.1, -0.05) is 23.8 Å². The second-order valence-corrected chi connectivity index (χ2v) is 6.10. The Labute approximate surface area is 127 Å². The molecule has 0 aliphatic heterocycles. The molecule has 0 radical (unpaired) electrons. The molecule has 0 spiro atoms. The van der Waals surface area contributed by atoms with Crippen molar-refractivity contribution in [3.8, 4) is 0 Å². The predicted octanol–water partition coefficient (Wildman–Crippen LogP) is 4.59. The number of fused-ring (bicyclic) bond motifs is 1. The maximum absolute atomic E-state index is 5.80. The largest absolute Gasteiger partial charge is 0.389 e. The van der Waals surface area contributed by atoms with Crippen molar-refractivity contribution in [1.29, 1.82) is 0 Å². The molecule has 2 nitrogen and oxygen atoms in total. The van der Waals surface area contributed by atoms with Crippen molar-refractivity contribution >= 4 is 50.0 Å². The average Bonchev–Trinajstić information content (AvgIpc) is 2.88. The van der Waals surface area contributed by atoms with Crippen LogP contribution in [0.2, 0.25) is 0 Å². The summed E-state index contributed by atoms with van der Waals surface area (Å²) < 4.78 is 1.29. The van der Waals surface area contributed by atoms with Crippen LogP contribution in [0.15, 0.2) is 47.8 Å². The maximum Gasteiger partial charge on any atom is 0.106 e. The predicted molar refractivity (Wildman–Crippen MR) is 92.2 cm³/mol. The van der Waals surface area contributed by atoms with E-state index in [9.17, 15) is 0 Å². The number of aryl methyl sites for hydroxylation is 1. The van der Waals surface area contributed by atoms with E-state index in [2.05, 4.69) is 35.0 Å². The summed E-state index contributed by atoms with van der Waals surface area (Å²) in [7, 11) is 0. The quantitative estimate of drug-likeness (QED) is 0.695. The minimum absolute atomic E-state index is 0.410. The molecule has 0 fully saturated rings. The summed E-state index contributed by atoms with van der Waals surface area (Å²) in [6, 6.07) is 14.5. The molecule has 3 aromatic rings. The van der Waals surface area contributed by atoms with Crippen molar-refractivity contribution in [2.24, 2.45) is 5.73 Å². The van der Waals surface area contributed by atoms with Gasteiger partial charge in [0.25, 0.3) is 0 Å². The Balaban J connectivity index is 1.99. The van der Waals surface area contributed by atoms with Gasteiger partial charge in [-0.15, -0.1) is 11.3 Å². The van der Waals surface area contributed by atoms with Crippen LogP contribution in [0.25, 0.3) is 10.1 Å². The first-order valence-corrected chi connectivity index (χ1v) is 7.57. The van der Waals surface area contributed by atoms with Crippen molar-refractivity contribution in [3.63, 3.8) is 0 Å². The second kappa shape index (κ2) is 5.23. The normalized spacial score (nSPS) is 10.7. The molecule has 3 rings (SSSR count). The summed E-state index contributed by atoms with van der Waals surface area (Å²) in [5, 5.41) is 6.74. The van der Waals surface area contributed by atoms with Crippen molar-refractivity contribution in [2.45, 2.75) is 6.92 Å². The Morgan fingerprint density at radius 3 is 2.80 bits per heavy atom. The van der Waals surface area contributed by atoms with Crippen LogP contribution in [0.5, 0.6) is 0 Å². The zero-order chi connectivity index (χ0) is 14.1. The number of hydrogen-bond acceptors (Lipinski definition) is 3. The summed E-state index contributed by atoms with van der Waals surface area (Å²) in [6.07, 6.45) is 0. The highest BCUT2D eigenvalue weighted by atomic mass is 32.1. The van der Waals surface area contributed by atoms with Gasteiger partial charge in [-0.25, -0.2) is 0 Å². The Morgan fingerprint density at radius 1 is 1.15 bits per heavy atom. The van der Waals surface area contributed by atoms with Gasteiger partial charge in [0.15, 0.2) is 0 Å². The molecule has 1 heterocycles. The van der Waals surface area contributed by atoms with Gasteiger partial charge in [0, 0.05) is 21.6 Å². The summed E-state index contributed by atoms with van der Waals surface area (Å²) in [5.41, 5.74) is 9.81. The molecule has 4 heteroatoms. The number of nitrogens with two attached hydrogens (primary N) is 1. The highest BCUT2D eigenvalue weighted by Crippen LogP contribution is 2.27. The van der Waals surface area contributed by atoms with Crippen molar-refractivity contribution in [2.75, 3.05) is 5.32 Å². The first-order chi connectivity index (χ1) is 9.63. The fourth-order valence-corrected chi connectivity index (χ4v) is 3.11. The topological polar surface area (TPSA) is 38.0 Å². The number of benzene rings is 2. The minimum atomic E-state index is 0.410. The smallest absolute Gasteiger partial charge is 0.106 e. The van der Waals surface area contributed by atoms with Gasteiger partial charge in [-0.2, -0.15) is 0 Å². The van der Waals surface area contributed by atoms with E-state index in [0.29, 0.717) is 4.99 Å². The van der Waals surface area contributed by atoms with Crippen LogP contribution in [0.1, 0.15) is 11.1 Å². The summed E-state index contributed by atoms with van der Waals surface area (Å²) in [4.78, 5) is 0.410. The van der Waals surface area contributed by atoms with Crippen molar-refractivity contribution in [1.82, 2.24) is 0 Å². The number of hydrogen-bond donors (Lipinski definition) is 2. The molecule has 20 heavy (non-hydrogen) atoms. The number of nitrogens with one attached hydrogen (secondary N) is 1. The number of thiophene rings is 1. The zero-order valence-electron chi connectivity index (χ0n) is 11.0. The Morgan fingerprint density at radius 2 is 2.00 bits per heavy atom. The maximum atomic E-state index is 5.80. The van der Waals surface area contributed by atoms with Gasteiger partial charge >= 0.3 is 0 Å². The van der Waals surface area contributed by atoms with Gasteiger partial charge in [0.1, 0.15) is 4.99 Å². The van der Waals surface area contributed by atoms with Gasteiger partial charge in [0.2, 0.25) is 0 Å². The van der Waals surface area contributed by atoms with E-state index in [1.54, 1.807) is 11.3 Å². The summed E-state index contributed by atoms with van der Waals surface area (Å²) >= 11 is 6.87. The van der Waals surface area contributed by atoms with Gasteiger partial charge in [-0.05, 0) is 54.1 Å². The Bertz CT molecular complexity index is 790. The van der Waals surface area contributed by atoms with E-state index >= 15 is 0 Å². The average molecular weight is 298 g/mol. The summed E-state index contributed by atoms with van der Waals surface area (Å²) in [5.74, 6) is 0. The number of rotatable bonds is 3. The molecule has 3 N–H and O–H groups in total. The van der Waals surface area contributed by atoms with E-state index < -0.39 is 0 Å². The molecule has 0 amide bonds. The van der Waals surface area contributed by atoms with Crippen LogP contribution in [0, 0.1) is 6.92 Å². The molecule has 0 saturated carbocycles. The molecule has 0 unspecified atom stereocenters. The number of thiocarbonyl (C=S) groups is 1. The van der Waals surface area contributed by atoms with Crippen LogP contribution in [-0.2, 0) is 0 Å². The first kappa shape index (κ1) is 13.1. The van der Waals surface area contributed by atoms with Crippen LogP contribution in [0.3, 0.4) is 0 Å². The third kappa shape index (κ3) is 2.53. The van der Waals surface area contributed by atoms with Crippen LogP contribution in [0.4, 0.5) is 11.4 Å². The minimum Gasteiger partial charge on any atom is -0.389 e. The summed E-state index contributed by atoms with van der Waals surface area (Å²) in [6.45, 7) is 2.03. The van der Waals surface area contributed by atoms with E-state index in [-0.39, 0.29) is 0 Å². The van der Waals surface area contributed by atoms with Gasteiger partial charge in [0.05, 0.1) is 0 Å². The van der Waals surface area contributed by atoms with E-state index in [1.165, 1.54) is 10.1 Å². The van der Waals surface area contributed by atoms with Crippen molar-refractivity contribution < 1.29 is 0 Å². The van der Waals surface area contributed by atoms with Crippen LogP contribution < -0.4 is 11.1 Å². The fraction of sp³-hybridized carbons (Fsp3) is 0.0625. The molecule has 0 atom stereocenters. The lowest BCUT2D eigenvalue weighted by atomic mass is 10.1. The first-order valence-electron chi connectivity index (χ1n) is 6.28. The lowest BCUT2D eigenvalue weighted by molar-refractivity contribution is 1.44. The third-order valence-corrected chi connectivity index (χ3v) is 4.29. The molecule has 0 aliphatic carbocycles. The standard InChI is InChI=1S/C16H14N2S2/c1-10-2-4-14(13(8-10)16(17)19)18-12-3-5-15-11(9-12)6-7-20-15/h2-9,18H,1H3,(H2,17,19). The highest BCUT2D eigenvalue weighted by molar-refractivity contribution is 7.80. The monoisotopic (exact) mass is 298 g/mol. The lowest BCUT2D eigenvalue weighted by Crippen LogP contribution is -2.12. The molecule has 0 bridgehead atoms. The third-order valence-electron chi connectivity index (χ3n) is 3.17. The van der Waals surface area contributed by atoms with Crippen molar-refractivity contribution in [3.05, 3.63) is 59.0 Å². The molecule has 0 saturated heterocycles. The molecule has 1 aromatic heterocycles. The highest BCUT2D eigenvalue weighted by Gasteiger charge is 2.06. The molecule has 2 aromatic carbocycles. The second-order valence-electron chi connectivity index (χ2n) is 4.71. The molecule has 100 valence electrons. The van der Waals surface area contributed by atoms with Crippen LogP contribution in [-0.4, -0.2) is 4.99 Å². The van der Waals surface area contributed by atoms with Gasteiger partial charge < -0.3 is 11.1 Å². The molecule has 0 aliphatic rings. The zero-order valence-corrected chi connectivity index (χ0v) is 12.6. The Hall–Kier alpha value is -1.91. The van der Waals surface area contributed by atoms with E-state index in [1.807, 2.05) is 25.1 Å². The lowest BCUT2D eigenvalue weighted by Gasteiger charge is -2.12. The molecular weight excluding hydrogens is 284 g/mol.